The van der Waals surface area contributed by atoms with Crippen LogP contribution >= 0.6 is 22.6 Å². The molecule has 1 aromatic carbocycles. The first-order valence-electron chi connectivity index (χ1n) is 7.14. The summed E-state index contributed by atoms with van der Waals surface area (Å²) >= 11 is 2.24. The Balaban J connectivity index is 1.47. The first kappa shape index (κ1) is 16.2. The summed E-state index contributed by atoms with van der Waals surface area (Å²) in [5.41, 5.74) is 1.13. The minimum Gasteiger partial charge on any atom is -0.454 e. The van der Waals surface area contributed by atoms with E-state index in [0.29, 0.717) is 5.95 Å². The van der Waals surface area contributed by atoms with E-state index in [0.717, 1.165) is 41.2 Å². The minimum absolute atomic E-state index is 0.286. The lowest BCUT2D eigenvalue weighted by molar-refractivity contribution is 0.174. The van der Waals surface area contributed by atoms with Gasteiger partial charge < -0.3 is 19.7 Å². The van der Waals surface area contributed by atoms with Gasteiger partial charge in [0.05, 0.1) is 16.9 Å². The van der Waals surface area contributed by atoms with Crippen molar-refractivity contribution in [2.75, 3.05) is 29.3 Å². The van der Waals surface area contributed by atoms with E-state index in [2.05, 4.69) is 37.9 Å². The fourth-order valence-corrected chi connectivity index (χ4v) is 2.83. The van der Waals surface area contributed by atoms with Gasteiger partial charge in [0, 0.05) is 19.6 Å². The van der Waals surface area contributed by atoms with E-state index in [1.54, 1.807) is 0 Å². The van der Waals surface area contributed by atoms with E-state index in [-0.39, 0.29) is 6.79 Å². The summed E-state index contributed by atoms with van der Waals surface area (Å²) in [4.78, 5) is 9.98. The van der Waals surface area contributed by atoms with Gasteiger partial charge in [-0.25, -0.2) is 14.4 Å². The lowest BCUT2D eigenvalue weighted by Crippen LogP contribution is -2.32. The molecule has 23 heavy (non-hydrogen) atoms. The highest BCUT2D eigenvalue weighted by Gasteiger charge is 2.13. The molecule has 1 N–H and O–H groups in total. The van der Waals surface area contributed by atoms with Crippen LogP contribution in [0.25, 0.3) is 0 Å². The van der Waals surface area contributed by atoms with Crippen LogP contribution in [0.5, 0.6) is 11.5 Å². The SMILES string of the molecule is Fc1cnc(N(CI)CCNCc2ccc3c(c2)OCO3)nc1. The molecule has 0 aliphatic carbocycles. The number of halogens is 2. The molecule has 0 amide bonds. The van der Waals surface area contributed by atoms with Crippen molar-refractivity contribution in [3.8, 4) is 11.5 Å². The van der Waals surface area contributed by atoms with Crippen molar-refractivity contribution in [2.45, 2.75) is 6.54 Å². The van der Waals surface area contributed by atoms with Gasteiger partial charge in [0.25, 0.3) is 0 Å². The van der Waals surface area contributed by atoms with Crippen LogP contribution in [-0.4, -0.2) is 34.4 Å². The topological polar surface area (TPSA) is 59.5 Å². The number of nitrogens with one attached hydrogen (secondary N) is 1. The Hall–Kier alpha value is -1.68. The van der Waals surface area contributed by atoms with Crippen LogP contribution in [0.2, 0.25) is 0 Å². The Labute approximate surface area is 147 Å². The van der Waals surface area contributed by atoms with Gasteiger partial charge in [-0.1, -0.05) is 28.7 Å². The minimum atomic E-state index is -0.428. The maximum absolute atomic E-state index is 12.9. The highest BCUT2D eigenvalue weighted by atomic mass is 127. The highest BCUT2D eigenvalue weighted by molar-refractivity contribution is 14.1. The molecular weight excluding hydrogens is 414 g/mol. The quantitative estimate of drug-likeness (QED) is 0.315. The normalized spacial score (nSPS) is 12.4. The molecule has 122 valence electrons. The average molecular weight is 430 g/mol. The summed E-state index contributed by atoms with van der Waals surface area (Å²) in [6.07, 6.45) is 2.36. The molecule has 0 unspecified atom stereocenters. The second-order valence-electron chi connectivity index (χ2n) is 4.95. The maximum atomic E-state index is 12.9. The van der Waals surface area contributed by atoms with E-state index in [1.165, 1.54) is 12.4 Å². The average Bonchev–Trinajstić information content (AvgIpc) is 3.04. The molecule has 0 spiro atoms. The number of anilines is 1. The summed E-state index contributed by atoms with van der Waals surface area (Å²) in [5.74, 6) is 1.69. The Morgan fingerprint density at radius 1 is 1.22 bits per heavy atom. The smallest absolute Gasteiger partial charge is 0.231 e. The van der Waals surface area contributed by atoms with E-state index >= 15 is 0 Å². The van der Waals surface area contributed by atoms with Crippen molar-refractivity contribution in [3.05, 3.63) is 42.0 Å². The third-order valence-electron chi connectivity index (χ3n) is 3.36. The molecule has 2 heterocycles. The Morgan fingerprint density at radius 3 is 2.78 bits per heavy atom. The Morgan fingerprint density at radius 2 is 2.00 bits per heavy atom. The van der Waals surface area contributed by atoms with Crippen LogP contribution in [0, 0.1) is 5.82 Å². The second-order valence-corrected chi connectivity index (χ2v) is 5.63. The van der Waals surface area contributed by atoms with Crippen LogP contribution in [0.3, 0.4) is 0 Å². The standard InChI is InChI=1S/C15H16FIN4O2/c16-12-7-19-15(20-8-12)21(9-17)4-3-18-6-11-1-2-13-14(5-11)23-10-22-13/h1-2,5,7-8,18H,3-4,6,9-10H2. The first-order valence-corrected chi connectivity index (χ1v) is 8.66. The molecule has 0 saturated heterocycles. The number of rotatable bonds is 7. The zero-order valence-corrected chi connectivity index (χ0v) is 14.5. The van der Waals surface area contributed by atoms with Crippen molar-refractivity contribution in [2.24, 2.45) is 0 Å². The monoisotopic (exact) mass is 430 g/mol. The number of aromatic nitrogens is 2. The third-order valence-corrected chi connectivity index (χ3v) is 4.18. The second kappa shape index (κ2) is 7.73. The van der Waals surface area contributed by atoms with Crippen LogP contribution in [-0.2, 0) is 6.54 Å². The van der Waals surface area contributed by atoms with Crippen LogP contribution in [0.1, 0.15) is 5.56 Å². The summed E-state index contributed by atoms with van der Waals surface area (Å²) in [7, 11) is 0. The molecule has 8 heteroatoms. The Kier molecular flexibility index (Phi) is 5.44. The molecule has 3 rings (SSSR count). The van der Waals surface area contributed by atoms with Crippen molar-refractivity contribution in [1.29, 1.82) is 0 Å². The Bertz CT molecular complexity index is 656. The van der Waals surface area contributed by atoms with Gasteiger partial charge in [0.1, 0.15) is 0 Å². The number of alkyl halides is 1. The lowest BCUT2D eigenvalue weighted by Gasteiger charge is -2.19. The molecular formula is C15H16FIN4O2. The lowest BCUT2D eigenvalue weighted by atomic mass is 10.2. The molecule has 6 nitrogen and oxygen atoms in total. The summed E-state index contributed by atoms with van der Waals surface area (Å²) in [6, 6.07) is 5.91. The zero-order chi connectivity index (χ0) is 16.1. The van der Waals surface area contributed by atoms with E-state index in [4.69, 9.17) is 9.47 Å². The number of hydrogen-bond acceptors (Lipinski definition) is 6. The number of fused-ring (bicyclic) bond motifs is 1. The van der Waals surface area contributed by atoms with Gasteiger partial charge in [0.15, 0.2) is 17.3 Å². The molecule has 1 aliphatic rings. The van der Waals surface area contributed by atoms with Gasteiger partial charge in [-0.05, 0) is 17.7 Å². The molecule has 0 fully saturated rings. The van der Waals surface area contributed by atoms with Gasteiger partial charge in [0.2, 0.25) is 12.7 Å². The van der Waals surface area contributed by atoms with Crippen LogP contribution in [0.15, 0.2) is 30.6 Å². The van der Waals surface area contributed by atoms with Gasteiger partial charge in [-0.15, -0.1) is 0 Å². The number of benzene rings is 1. The van der Waals surface area contributed by atoms with Gasteiger partial charge in [-0.2, -0.15) is 0 Å². The molecule has 0 bridgehead atoms. The van der Waals surface area contributed by atoms with Crippen LogP contribution in [0.4, 0.5) is 10.3 Å². The van der Waals surface area contributed by atoms with E-state index < -0.39 is 5.82 Å². The molecule has 0 saturated carbocycles. The van der Waals surface area contributed by atoms with Crippen molar-refractivity contribution < 1.29 is 13.9 Å². The molecule has 1 aromatic heterocycles. The predicted molar refractivity (Wildman–Crippen MR) is 92.5 cm³/mol. The van der Waals surface area contributed by atoms with Crippen molar-refractivity contribution in [3.63, 3.8) is 0 Å². The number of hydrogen-bond donors (Lipinski definition) is 1. The van der Waals surface area contributed by atoms with Crippen LogP contribution < -0.4 is 19.7 Å². The largest absolute Gasteiger partial charge is 0.454 e. The first-order chi connectivity index (χ1) is 11.3. The molecule has 2 aromatic rings. The summed E-state index contributed by atoms with van der Waals surface area (Å²) in [5, 5.41) is 3.37. The molecule has 0 atom stereocenters. The zero-order valence-electron chi connectivity index (χ0n) is 12.3. The summed E-state index contributed by atoms with van der Waals surface area (Å²) in [6.45, 7) is 2.52. The van der Waals surface area contributed by atoms with Gasteiger partial charge >= 0.3 is 0 Å². The fraction of sp³-hybridized carbons (Fsp3) is 0.333. The summed E-state index contributed by atoms with van der Waals surface area (Å²) < 4.78 is 24.3. The van der Waals surface area contributed by atoms with Crippen molar-refractivity contribution >= 4 is 28.5 Å². The molecule has 0 radical (unpaired) electrons. The van der Waals surface area contributed by atoms with Gasteiger partial charge in [-0.3, -0.25) is 0 Å². The van der Waals surface area contributed by atoms with E-state index in [9.17, 15) is 4.39 Å². The van der Waals surface area contributed by atoms with Crippen molar-refractivity contribution in [1.82, 2.24) is 15.3 Å². The molecule has 1 aliphatic heterocycles. The predicted octanol–water partition coefficient (Wildman–Crippen LogP) is 2.33. The highest BCUT2D eigenvalue weighted by Crippen LogP contribution is 2.32. The number of ether oxygens (including phenoxy) is 2. The van der Waals surface area contributed by atoms with E-state index in [1.807, 2.05) is 23.1 Å². The maximum Gasteiger partial charge on any atom is 0.231 e. The third kappa shape index (κ3) is 4.20. The number of nitrogens with zero attached hydrogens (tertiary/aromatic N) is 3. The fourth-order valence-electron chi connectivity index (χ4n) is 2.18.